The number of benzene rings is 2. The first-order valence-electron chi connectivity index (χ1n) is 9.23. The molecule has 1 aliphatic heterocycles. The van der Waals surface area contributed by atoms with Crippen molar-refractivity contribution in [2.24, 2.45) is 0 Å². The van der Waals surface area contributed by atoms with Crippen molar-refractivity contribution in [2.75, 3.05) is 0 Å². The van der Waals surface area contributed by atoms with Gasteiger partial charge in [0, 0.05) is 12.6 Å². The Kier molecular flexibility index (Phi) is 5.54. The Balaban J connectivity index is 1.69. The predicted molar refractivity (Wildman–Crippen MR) is 109 cm³/mol. The molecule has 1 heterocycles. The van der Waals surface area contributed by atoms with E-state index < -0.39 is 18.3 Å². The van der Waals surface area contributed by atoms with Gasteiger partial charge in [0.05, 0.1) is 11.2 Å². The quantitative estimate of drug-likeness (QED) is 0.655. The highest BCUT2D eigenvalue weighted by atomic mass is 16.7. The minimum Gasteiger partial charge on any atom is -0.399 e. The molecule has 1 amide bonds. The van der Waals surface area contributed by atoms with Crippen molar-refractivity contribution in [1.82, 2.24) is 5.32 Å². The van der Waals surface area contributed by atoms with Gasteiger partial charge in [-0.1, -0.05) is 54.6 Å². The van der Waals surface area contributed by atoms with E-state index in [0.29, 0.717) is 6.54 Å². The molecule has 1 N–H and O–H groups in total. The maximum Gasteiger partial charge on any atom is 0.495 e. The molecule has 27 heavy (non-hydrogen) atoms. The first-order valence-corrected chi connectivity index (χ1v) is 9.23. The second kappa shape index (κ2) is 7.71. The Morgan fingerprint density at radius 1 is 0.963 bits per heavy atom. The van der Waals surface area contributed by atoms with Crippen LogP contribution in [-0.4, -0.2) is 24.2 Å². The van der Waals surface area contributed by atoms with Crippen molar-refractivity contribution in [3.63, 3.8) is 0 Å². The van der Waals surface area contributed by atoms with E-state index >= 15 is 0 Å². The first-order chi connectivity index (χ1) is 12.8. The van der Waals surface area contributed by atoms with Gasteiger partial charge in [0.1, 0.15) is 0 Å². The van der Waals surface area contributed by atoms with Crippen molar-refractivity contribution >= 4 is 24.6 Å². The topological polar surface area (TPSA) is 47.6 Å². The van der Waals surface area contributed by atoms with Gasteiger partial charge in [-0.3, -0.25) is 4.79 Å². The third-order valence-corrected chi connectivity index (χ3v) is 5.23. The highest BCUT2D eigenvalue weighted by Crippen LogP contribution is 2.36. The lowest BCUT2D eigenvalue weighted by molar-refractivity contribution is -0.116. The number of hydrogen-bond donors (Lipinski definition) is 1. The molecule has 0 aliphatic carbocycles. The van der Waals surface area contributed by atoms with Crippen LogP contribution in [0.2, 0.25) is 0 Å². The van der Waals surface area contributed by atoms with Gasteiger partial charge in [0.25, 0.3) is 0 Å². The van der Waals surface area contributed by atoms with Crippen molar-refractivity contribution in [2.45, 2.75) is 45.4 Å². The van der Waals surface area contributed by atoms with Crippen LogP contribution in [0.4, 0.5) is 0 Å². The fourth-order valence-electron chi connectivity index (χ4n) is 2.86. The summed E-state index contributed by atoms with van der Waals surface area (Å²) in [5, 5.41) is 2.90. The largest absolute Gasteiger partial charge is 0.495 e. The first kappa shape index (κ1) is 19.4. The van der Waals surface area contributed by atoms with Crippen molar-refractivity contribution < 1.29 is 14.1 Å². The third-order valence-electron chi connectivity index (χ3n) is 5.23. The minimum atomic E-state index is -0.455. The lowest BCUT2D eigenvalue weighted by Crippen LogP contribution is -2.41. The smallest absolute Gasteiger partial charge is 0.399 e. The molecule has 140 valence electrons. The molecule has 2 aromatic rings. The number of rotatable bonds is 5. The molecule has 0 atom stereocenters. The summed E-state index contributed by atoms with van der Waals surface area (Å²) in [7, 11) is -0.455. The van der Waals surface area contributed by atoms with E-state index in [9.17, 15) is 4.79 Å². The molecule has 0 radical (unpaired) electrons. The monoisotopic (exact) mass is 363 g/mol. The summed E-state index contributed by atoms with van der Waals surface area (Å²) < 4.78 is 12.3. The molecule has 3 rings (SSSR count). The Morgan fingerprint density at radius 2 is 1.56 bits per heavy atom. The molecule has 0 unspecified atom stereocenters. The van der Waals surface area contributed by atoms with Crippen LogP contribution in [0, 0.1) is 0 Å². The number of nitrogens with one attached hydrogen (secondary N) is 1. The zero-order valence-electron chi connectivity index (χ0n) is 16.4. The van der Waals surface area contributed by atoms with Crippen LogP contribution < -0.4 is 10.8 Å². The van der Waals surface area contributed by atoms with E-state index in [4.69, 9.17) is 9.31 Å². The Hall–Kier alpha value is -2.37. The van der Waals surface area contributed by atoms with Crippen LogP contribution in [0.1, 0.15) is 38.8 Å². The molecule has 5 heteroatoms. The van der Waals surface area contributed by atoms with E-state index in [1.54, 1.807) is 12.2 Å². The Bertz CT molecular complexity index is 814. The molecule has 1 saturated heterocycles. The summed E-state index contributed by atoms with van der Waals surface area (Å²) >= 11 is 0. The average molecular weight is 363 g/mol. The van der Waals surface area contributed by atoms with Gasteiger partial charge in [-0.25, -0.2) is 0 Å². The van der Waals surface area contributed by atoms with E-state index in [1.165, 1.54) is 0 Å². The normalized spacial score (nSPS) is 18.0. The highest BCUT2D eigenvalue weighted by Gasteiger charge is 2.52. The van der Waals surface area contributed by atoms with Gasteiger partial charge >= 0.3 is 7.12 Å². The summed E-state index contributed by atoms with van der Waals surface area (Å²) in [6, 6.07) is 17.7. The summed E-state index contributed by atoms with van der Waals surface area (Å²) in [5.74, 6) is -0.137. The number of carbonyl (C=O) groups is 1. The van der Waals surface area contributed by atoms with E-state index in [0.717, 1.165) is 16.6 Å². The molecular weight excluding hydrogens is 337 g/mol. The minimum absolute atomic E-state index is 0.137. The standard InChI is InChI=1S/C22H26BNO3/c1-21(2)22(3,4)27-23(26-21)19-13-9-8-12-18(19)14-15-20(25)24-16-17-10-6-5-7-11-17/h5-15H,16H2,1-4H3,(H,24,25)/b15-14+. The molecule has 1 aliphatic rings. The number of hydrogen-bond acceptors (Lipinski definition) is 3. The zero-order chi connectivity index (χ0) is 19.5. The third kappa shape index (κ3) is 4.49. The summed E-state index contributed by atoms with van der Waals surface area (Å²) in [4.78, 5) is 12.2. The van der Waals surface area contributed by atoms with Crippen molar-refractivity contribution in [1.29, 1.82) is 0 Å². The molecule has 2 aromatic carbocycles. The second-order valence-corrected chi connectivity index (χ2v) is 7.75. The maximum atomic E-state index is 12.2. The number of carbonyl (C=O) groups excluding carboxylic acids is 1. The van der Waals surface area contributed by atoms with Crippen molar-refractivity contribution in [3.05, 3.63) is 71.8 Å². The van der Waals surface area contributed by atoms with Crippen LogP contribution in [0.5, 0.6) is 0 Å². The lowest BCUT2D eigenvalue weighted by atomic mass is 9.76. The number of amides is 1. The van der Waals surface area contributed by atoms with E-state index in [2.05, 4.69) is 5.32 Å². The van der Waals surface area contributed by atoms with Crippen LogP contribution in [-0.2, 0) is 20.6 Å². The van der Waals surface area contributed by atoms with Gasteiger partial charge in [-0.05, 0) is 50.4 Å². The van der Waals surface area contributed by atoms with Gasteiger partial charge < -0.3 is 14.6 Å². The Labute approximate surface area is 161 Å². The summed E-state index contributed by atoms with van der Waals surface area (Å²) in [5.41, 5.74) is 2.09. The average Bonchev–Trinajstić information content (AvgIpc) is 2.86. The van der Waals surface area contributed by atoms with Crippen LogP contribution in [0.3, 0.4) is 0 Å². The zero-order valence-corrected chi connectivity index (χ0v) is 16.4. The molecule has 0 aromatic heterocycles. The molecule has 4 nitrogen and oxygen atoms in total. The summed E-state index contributed by atoms with van der Waals surface area (Å²) in [6.45, 7) is 8.62. The molecule has 1 fully saturated rings. The predicted octanol–water partition coefficient (Wildman–Crippen LogP) is 3.32. The van der Waals surface area contributed by atoms with Gasteiger partial charge in [-0.15, -0.1) is 0 Å². The van der Waals surface area contributed by atoms with Crippen LogP contribution >= 0.6 is 0 Å². The van der Waals surface area contributed by atoms with Gasteiger partial charge in [-0.2, -0.15) is 0 Å². The Morgan fingerprint density at radius 3 is 2.22 bits per heavy atom. The van der Waals surface area contributed by atoms with Gasteiger partial charge in [0.2, 0.25) is 5.91 Å². The maximum absolute atomic E-state index is 12.2. The lowest BCUT2D eigenvalue weighted by Gasteiger charge is -2.32. The highest BCUT2D eigenvalue weighted by molar-refractivity contribution is 6.63. The van der Waals surface area contributed by atoms with Gasteiger partial charge in [0.15, 0.2) is 0 Å². The van der Waals surface area contributed by atoms with Crippen LogP contribution in [0.15, 0.2) is 60.7 Å². The van der Waals surface area contributed by atoms with Crippen molar-refractivity contribution in [3.8, 4) is 0 Å². The van der Waals surface area contributed by atoms with E-state index in [-0.39, 0.29) is 5.91 Å². The summed E-state index contributed by atoms with van der Waals surface area (Å²) in [6.07, 6.45) is 3.35. The van der Waals surface area contributed by atoms with E-state index in [1.807, 2.05) is 82.3 Å². The second-order valence-electron chi connectivity index (χ2n) is 7.75. The fraction of sp³-hybridized carbons (Fsp3) is 0.318. The molecular formula is C22H26BNO3. The molecule has 0 bridgehead atoms. The SMILES string of the molecule is CC1(C)OB(c2ccccc2/C=C/C(=O)NCc2ccccc2)OC1(C)C. The molecule has 0 saturated carbocycles. The van der Waals surface area contributed by atoms with Crippen LogP contribution in [0.25, 0.3) is 6.08 Å². The fourth-order valence-corrected chi connectivity index (χ4v) is 2.86. The molecule has 0 spiro atoms.